The van der Waals surface area contributed by atoms with Crippen molar-refractivity contribution >= 4 is 0 Å². The Kier molecular flexibility index (Phi) is 36.2. The van der Waals surface area contributed by atoms with Crippen molar-refractivity contribution in [2.75, 3.05) is 0 Å². The average molecular weight is 657 g/mol. The Balaban J connectivity index is 3.52. The molecule has 0 aromatic heterocycles. The lowest BCUT2D eigenvalue weighted by Gasteiger charge is -2.02. The van der Waals surface area contributed by atoms with Gasteiger partial charge in [0.15, 0.2) is 6.10 Å². The minimum absolute atomic E-state index is 0.604. The second kappa shape index (κ2) is 38.5. The van der Waals surface area contributed by atoms with E-state index in [1.54, 1.807) is 6.08 Å². The van der Waals surface area contributed by atoms with Crippen molar-refractivity contribution in [2.24, 2.45) is 0 Å². The molecule has 0 saturated heterocycles. The predicted octanol–water partition coefficient (Wildman–Crippen LogP) is 10.7. The van der Waals surface area contributed by atoms with E-state index in [1.807, 2.05) is 12.2 Å². The highest BCUT2D eigenvalue weighted by molar-refractivity contribution is 5.20. The number of aliphatic hydroxyl groups excluding tert-OH is 3. The summed E-state index contributed by atoms with van der Waals surface area (Å²) >= 11 is 0. The van der Waals surface area contributed by atoms with Crippen molar-refractivity contribution in [3.8, 4) is 48.4 Å². The standard InChI is InChI=1S/C45H68O3/c1-3-5-6-7-8-9-10-11-12-13-14-15-16-17-18-19-20-21-22-23-24-25-26-30-33-36-39-44(47)41-42-45(48)40-37-34-31-28-27-29-32-35-38-43(46)4-2/h1-2,5-6,20-21,26,30,35,38,43-48H,7-19,22-25,27-29,31-34,36,39H2/b6-5-,21-20-,30-26-,38-35+/t43-,44?,45?/m1/s1. The van der Waals surface area contributed by atoms with Crippen LogP contribution in [0.3, 0.4) is 0 Å². The third-order valence-corrected chi connectivity index (χ3v) is 8.17. The summed E-state index contributed by atoms with van der Waals surface area (Å²) in [5.41, 5.74) is 0. The van der Waals surface area contributed by atoms with Crippen LogP contribution in [0.15, 0.2) is 48.6 Å². The van der Waals surface area contributed by atoms with Gasteiger partial charge in [-0.3, -0.25) is 0 Å². The minimum atomic E-state index is -1.01. The van der Waals surface area contributed by atoms with E-state index in [0.29, 0.717) is 6.42 Å². The highest BCUT2D eigenvalue weighted by Gasteiger charge is 1.99. The van der Waals surface area contributed by atoms with Crippen LogP contribution >= 0.6 is 0 Å². The zero-order valence-electron chi connectivity index (χ0n) is 30.2. The SMILES string of the molecule is C#C/C=C\CCCCCCCCCCCCC/C=C\CCCC/C=C\CCCC(O)C#CC(O)C#CCCCCCC/C=C/[C@H](O)C#C. The highest BCUT2D eigenvalue weighted by atomic mass is 16.3. The summed E-state index contributed by atoms with van der Waals surface area (Å²) in [6, 6.07) is 0. The summed E-state index contributed by atoms with van der Waals surface area (Å²) in [5, 5.41) is 29.2. The lowest BCUT2D eigenvalue weighted by molar-refractivity contribution is 0.218. The number of hydrogen-bond acceptors (Lipinski definition) is 3. The van der Waals surface area contributed by atoms with Gasteiger partial charge in [-0.15, -0.1) is 12.8 Å². The predicted molar refractivity (Wildman–Crippen MR) is 208 cm³/mol. The van der Waals surface area contributed by atoms with E-state index in [4.69, 9.17) is 12.8 Å². The second-order valence-corrected chi connectivity index (χ2v) is 12.7. The Bertz CT molecular complexity index is 1040. The van der Waals surface area contributed by atoms with Gasteiger partial charge in [0.1, 0.15) is 12.2 Å². The Morgan fingerprint density at radius 2 is 0.896 bits per heavy atom. The molecule has 3 nitrogen and oxygen atoms in total. The first-order valence-electron chi connectivity index (χ1n) is 19.2. The van der Waals surface area contributed by atoms with Crippen molar-refractivity contribution in [1.82, 2.24) is 0 Å². The van der Waals surface area contributed by atoms with Crippen LogP contribution in [-0.2, 0) is 0 Å². The lowest BCUT2D eigenvalue weighted by atomic mass is 10.0. The topological polar surface area (TPSA) is 60.7 Å². The fourth-order valence-corrected chi connectivity index (χ4v) is 5.25. The summed E-state index contributed by atoms with van der Waals surface area (Å²) in [4.78, 5) is 0. The number of terminal acetylenes is 2. The van der Waals surface area contributed by atoms with Gasteiger partial charge in [0.25, 0.3) is 0 Å². The molecular weight excluding hydrogens is 588 g/mol. The Labute approximate surface area is 296 Å². The van der Waals surface area contributed by atoms with Gasteiger partial charge >= 0.3 is 0 Å². The summed E-state index contributed by atoms with van der Waals surface area (Å²) in [6.07, 6.45) is 54.9. The fourth-order valence-electron chi connectivity index (χ4n) is 5.25. The van der Waals surface area contributed by atoms with Gasteiger partial charge in [-0.1, -0.05) is 143 Å². The van der Waals surface area contributed by atoms with E-state index in [2.05, 4.69) is 65.9 Å². The largest absolute Gasteiger partial charge is 0.380 e. The van der Waals surface area contributed by atoms with Crippen LogP contribution in [0.1, 0.15) is 167 Å². The van der Waals surface area contributed by atoms with Gasteiger partial charge in [-0.25, -0.2) is 0 Å². The quantitative estimate of drug-likeness (QED) is 0.0410. The number of allylic oxidation sites excluding steroid dienone is 7. The van der Waals surface area contributed by atoms with Crippen LogP contribution in [0.25, 0.3) is 0 Å². The molecule has 0 aromatic rings. The van der Waals surface area contributed by atoms with E-state index in [9.17, 15) is 15.3 Å². The van der Waals surface area contributed by atoms with Crippen LogP contribution in [0, 0.1) is 48.4 Å². The molecule has 0 rings (SSSR count). The number of hydrogen-bond donors (Lipinski definition) is 3. The van der Waals surface area contributed by atoms with E-state index >= 15 is 0 Å². The van der Waals surface area contributed by atoms with Crippen molar-refractivity contribution in [2.45, 2.75) is 185 Å². The minimum Gasteiger partial charge on any atom is -0.380 e. The molecule has 0 radical (unpaired) electrons. The molecule has 0 aliphatic heterocycles. The fraction of sp³-hybridized carbons (Fsp3) is 0.644. The molecule has 2 unspecified atom stereocenters. The van der Waals surface area contributed by atoms with Gasteiger partial charge in [-0.05, 0) is 102 Å². The molecule has 3 atom stereocenters. The first kappa shape index (κ1) is 45.1. The molecule has 0 amide bonds. The van der Waals surface area contributed by atoms with E-state index < -0.39 is 18.3 Å². The Hall–Kier alpha value is -2.92. The molecule has 0 aliphatic rings. The summed E-state index contributed by atoms with van der Waals surface area (Å²) < 4.78 is 0. The maximum atomic E-state index is 10.1. The highest BCUT2D eigenvalue weighted by Crippen LogP contribution is 2.13. The van der Waals surface area contributed by atoms with Crippen LogP contribution in [0.4, 0.5) is 0 Å². The first-order valence-corrected chi connectivity index (χ1v) is 19.2. The van der Waals surface area contributed by atoms with E-state index in [1.165, 1.54) is 96.3 Å². The van der Waals surface area contributed by atoms with E-state index in [0.717, 1.165) is 64.2 Å². The monoisotopic (exact) mass is 657 g/mol. The maximum Gasteiger partial charge on any atom is 0.176 e. The van der Waals surface area contributed by atoms with Gasteiger partial charge in [0.2, 0.25) is 0 Å². The molecule has 0 aromatic carbocycles. The van der Waals surface area contributed by atoms with Crippen molar-refractivity contribution in [3.63, 3.8) is 0 Å². The van der Waals surface area contributed by atoms with Crippen LogP contribution in [-0.4, -0.2) is 33.6 Å². The van der Waals surface area contributed by atoms with Crippen LogP contribution in [0.5, 0.6) is 0 Å². The van der Waals surface area contributed by atoms with Gasteiger partial charge in [0.05, 0.1) is 0 Å². The zero-order chi connectivity index (χ0) is 35.0. The Morgan fingerprint density at radius 1 is 0.458 bits per heavy atom. The smallest absolute Gasteiger partial charge is 0.176 e. The number of unbranched alkanes of at least 4 members (excludes halogenated alkanes) is 21. The normalized spacial score (nSPS) is 13.3. The third kappa shape index (κ3) is 37.5. The first-order chi connectivity index (χ1) is 23.6. The molecule has 0 saturated carbocycles. The molecule has 266 valence electrons. The number of rotatable bonds is 30. The summed E-state index contributed by atoms with van der Waals surface area (Å²) in [6.45, 7) is 0. The molecule has 0 bridgehead atoms. The third-order valence-electron chi connectivity index (χ3n) is 8.17. The van der Waals surface area contributed by atoms with E-state index in [-0.39, 0.29) is 0 Å². The molecule has 0 spiro atoms. The molecule has 3 N–H and O–H groups in total. The summed E-state index contributed by atoms with van der Waals surface area (Å²) in [7, 11) is 0. The molecule has 48 heavy (non-hydrogen) atoms. The van der Waals surface area contributed by atoms with Crippen molar-refractivity contribution < 1.29 is 15.3 Å². The number of aliphatic hydroxyl groups is 3. The van der Waals surface area contributed by atoms with Crippen LogP contribution in [0.2, 0.25) is 0 Å². The Morgan fingerprint density at radius 3 is 1.42 bits per heavy atom. The summed E-state index contributed by atoms with van der Waals surface area (Å²) in [5.74, 6) is 15.9. The molecule has 0 heterocycles. The van der Waals surface area contributed by atoms with Gasteiger partial charge in [0, 0.05) is 6.42 Å². The van der Waals surface area contributed by atoms with Gasteiger partial charge < -0.3 is 15.3 Å². The molecular formula is C45H68O3. The second-order valence-electron chi connectivity index (χ2n) is 12.7. The molecule has 0 fully saturated rings. The van der Waals surface area contributed by atoms with Crippen molar-refractivity contribution in [1.29, 1.82) is 0 Å². The van der Waals surface area contributed by atoms with Crippen LogP contribution < -0.4 is 0 Å². The lowest BCUT2D eigenvalue weighted by Crippen LogP contribution is -2.05. The molecule has 0 aliphatic carbocycles. The van der Waals surface area contributed by atoms with Crippen molar-refractivity contribution in [3.05, 3.63) is 48.6 Å². The zero-order valence-corrected chi connectivity index (χ0v) is 30.2. The van der Waals surface area contributed by atoms with Gasteiger partial charge in [-0.2, -0.15) is 0 Å². The average Bonchev–Trinajstić information content (AvgIpc) is 3.09. The maximum absolute atomic E-state index is 10.1. The molecule has 3 heteroatoms.